The van der Waals surface area contributed by atoms with Crippen molar-refractivity contribution in [1.82, 2.24) is 0 Å². The average Bonchev–Trinajstić information content (AvgIpc) is 2.34. The molecule has 1 amide bonds. The van der Waals surface area contributed by atoms with Crippen molar-refractivity contribution in [1.29, 1.82) is 0 Å². The summed E-state index contributed by atoms with van der Waals surface area (Å²) >= 11 is 12.8. The van der Waals surface area contributed by atoms with Crippen molar-refractivity contribution >= 4 is 55.1 Å². The Morgan fingerprint density at radius 3 is 2.20 bits per heavy atom. The van der Waals surface area contributed by atoms with Crippen LogP contribution < -0.4 is 5.32 Å². The zero-order valence-corrected chi connectivity index (χ0v) is 14.9. The Kier molecular flexibility index (Phi) is 4.89. The van der Waals surface area contributed by atoms with Crippen LogP contribution in [0.1, 0.15) is 21.5 Å². The van der Waals surface area contributed by atoms with Gasteiger partial charge in [-0.25, -0.2) is 0 Å². The number of nitrogens with one attached hydrogen (secondary N) is 1. The molecule has 0 saturated carbocycles. The van der Waals surface area contributed by atoms with E-state index in [1.54, 1.807) is 18.2 Å². The van der Waals surface area contributed by atoms with E-state index in [1.807, 2.05) is 26.0 Å². The van der Waals surface area contributed by atoms with Crippen LogP contribution in [-0.4, -0.2) is 5.91 Å². The lowest BCUT2D eigenvalue weighted by molar-refractivity contribution is 0.102. The summed E-state index contributed by atoms with van der Waals surface area (Å²) in [7, 11) is 0. The zero-order valence-electron chi connectivity index (χ0n) is 10.9. The molecule has 0 fully saturated rings. The van der Waals surface area contributed by atoms with Gasteiger partial charge in [0.15, 0.2) is 0 Å². The number of rotatable bonds is 2. The molecule has 2 aromatic carbocycles. The summed E-state index contributed by atoms with van der Waals surface area (Å²) in [6, 6.07) is 8.97. The van der Waals surface area contributed by atoms with Gasteiger partial charge in [-0.05, 0) is 55.3 Å². The molecule has 1 N–H and O–H groups in total. The van der Waals surface area contributed by atoms with Crippen LogP contribution in [0.25, 0.3) is 0 Å². The molecule has 0 atom stereocenters. The maximum atomic E-state index is 12.2. The summed E-state index contributed by atoms with van der Waals surface area (Å²) in [6.45, 7) is 3.98. The number of aryl methyl sites for hydroxylation is 2. The molecule has 2 rings (SSSR count). The lowest BCUT2D eigenvalue weighted by Gasteiger charge is -2.10. The highest BCUT2D eigenvalue weighted by atomic mass is 79.9. The zero-order chi connectivity index (χ0) is 14.9. The smallest absolute Gasteiger partial charge is 0.255 e. The van der Waals surface area contributed by atoms with Crippen LogP contribution >= 0.6 is 43.5 Å². The first-order valence-electron chi connectivity index (χ1n) is 5.91. The Bertz CT molecular complexity index is 642. The highest BCUT2D eigenvalue weighted by molar-refractivity contribution is 9.10. The first-order valence-corrected chi connectivity index (χ1v) is 7.87. The molecule has 0 aliphatic carbocycles. The molecule has 0 spiro atoms. The highest BCUT2D eigenvalue weighted by Crippen LogP contribution is 2.26. The molecule has 0 aliphatic heterocycles. The molecule has 2 nitrogen and oxygen atoms in total. The summed E-state index contributed by atoms with van der Waals surface area (Å²) in [5, 5.41) is 3.40. The van der Waals surface area contributed by atoms with Crippen LogP contribution in [0.5, 0.6) is 0 Å². The SMILES string of the molecule is Cc1cc(NC(=O)c2cc(Cl)cc(Br)c2)cc(C)c1Br. The summed E-state index contributed by atoms with van der Waals surface area (Å²) < 4.78 is 1.83. The minimum atomic E-state index is -0.186. The number of hydrogen-bond acceptors (Lipinski definition) is 1. The van der Waals surface area contributed by atoms with Crippen LogP contribution in [-0.2, 0) is 0 Å². The van der Waals surface area contributed by atoms with E-state index < -0.39 is 0 Å². The monoisotopic (exact) mass is 415 g/mol. The third kappa shape index (κ3) is 3.62. The minimum absolute atomic E-state index is 0.186. The normalized spacial score (nSPS) is 10.4. The van der Waals surface area contributed by atoms with Crippen LogP contribution in [0.15, 0.2) is 39.3 Å². The van der Waals surface area contributed by atoms with Gasteiger partial charge in [0.1, 0.15) is 0 Å². The minimum Gasteiger partial charge on any atom is -0.322 e. The number of carbonyl (C=O) groups excluding carboxylic acids is 1. The molecule has 20 heavy (non-hydrogen) atoms. The van der Waals surface area contributed by atoms with Gasteiger partial charge >= 0.3 is 0 Å². The quantitative estimate of drug-likeness (QED) is 0.664. The Balaban J connectivity index is 2.28. The summed E-state index contributed by atoms with van der Waals surface area (Å²) in [6.07, 6.45) is 0. The van der Waals surface area contributed by atoms with Gasteiger partial charge in [-0.3, -0.25) is 4.79 Å². The van der Waals surface area contributed by atoms with Crippen LogP contribution in [0.3, 0.4) is 0 Å². The van der Waals surface area contributed by atoms with Crippen LogP contribution in [0.4, 0.5) is 5.69 Å². The van der Waals surface area contributed by atoms with E-state index in [2.05, 4.69) is 37.2 Å². The fourth-order valence-corrected chi connectivity index (χ4v) is 3.00. The Hall–Kier alpha value is -0.840. The standard InChI is InChI=1S/C15H12Br2ClNO/c1-8-3-13(4-9(2)14(8)17)19-15(20)10-5-11(16)7-12(18)6-10/h3-7H,1-2H3,(H,19,20). The van der Waals surface area contributed by atoms with Crippen molar-refractivity contribution in [2.45, 2.75) is 13.8 Å². The fourth-order valence-electron chi connectivity index (χ4n) is 1.91. The van der Waals surface area contributed by atoms with Crippen molar-refractivity contribution in [3.8, 4) is 0 Å². The summed E-state index contributed by atoms with van der Waals surface area (Å²) in [5.41, 5.74) is 3.44. The third-order valence-corrected chi connectivity index (χ3v) is 4.75. The molecular weight excluding hydrogens is 405 g/mol. The van der Waals surface area contributed by atoms with Gasteiger partial charge < -0.3 is 5.32 Å². The molecule has 0 aliphatic rings. The second kappa shape index (κ2) is 6.29. The maximum Gasteiger partial charge on any atom is 0.255 e. The second-order valence-electron chi connectivity index (χ2n) is 4.54. The van der Waals surface area contributed by atoms with E-state index in [0.29, 0.717) is 10.6 Å². The molecule has 0 aromatic heterocycles. The summed E-state index contributed by atoms with van der Waals surface area (Å²) in [5.74, 6) is -0.186. The van der Waals surface area contributed by atoms with Gasteiger partial charge in [0.05, 0.1) is 0 Å². The van der Waals surface area contributed by atoms with E-state index in [1.165, 1.54) is 0 Å². The molecule has 0 bridgehead atoms. The van der Waals surface area contributed by atoms with Crippen molar-refractivity contribution in [2.24, 2.45) is 0 Å². The third-order valence-electron chi connectivity index (χ3n) is 2.82. The number of benzene rings is 2. The Morgan fingerprint density at radius 2 is 1.65 bits per heavy atom. The number of amides is 1. The van der Waals surface area contributed by atoms with Crippen molar-refractivity contribution < 1.29 is 4.79 Å². The van der Waals surface area contributed by atoms with E-state index in [4.69, 9.17) is 11.6 Å². The molecule has 0 saturated heterocycles. The van der Waals surface area contributed by atoms with Gasteiger partial charge in [0, 0.05) is 25.2 Å². The first-order chi connectivity index (χ1) is 9.36. The molecule has 0 heterocycles. The van der Waals surface area contributed by atoms with Gasteiger partial charge in [-0.1, -0.05) is 43.5 Å². The lowest BCUT2D eigenvalue weighted by Crippen LogP contribution is -2.12. The van der Waals surface area contributed by atoms with Gasteiger partial charge in [-0.15, -0.1) is 0 Å². The van der Waals surface area contributed by atoms with Crippen molar-refractivity contribution in [3.05, 3.63) is 61.0 Å². The van der Waals surface area contributed by atoms with E-state index in [9.17, 15) is 4.79 Å². The maximum absolute atomic E-state index is 12.2. The highest BCUT2D eigenvalue weighted by Gasteiger charge is 2.10. The van der Waals surface area contributed by atoms with Crippen LogP contribution in [0, 0.1) is 13.8 Å². The molecule has 0 unspecified atom stereocenters. The Labute approximate surface area is 139 Å². The number of anilines is 1. The predicted octanol–water partition coefficient (Wildman–Crippen LogP) is 5.73. The molecule has 104 valence electrons. The number of hydrogen-bond donors (Lipinski definition) is 1. The topological polar surface area (TPSA) is 29.1 Å². The van der Waals surface area contributed by atoms with Gasteiger partial charge in [0.25, 0.3) is 5.91 Å². The molecule has 5 heteroatoms. The second-order valence-corrected chi connectivity index (χ2v) is 6.68. The van der Waals surface area contributed by atoms with Gasteiger partial charge in [-0.2, -0.15) is 0 Å². The number of halogens is 3. The largest absolute Gasteiger partial charge is 0.322 e. The summed E-state index contributed by atoms with van der Waals surface area (Å²) in [4.78, 5) is 12.2. The van der Waals surface area contributed by atoms with E-state index >= 15 is 0 Å². The van der Waals surface area contributed by atoms with Crippen LogP contribution in [0.2, 0.25) is 5.02 Å². The van der Waals surface area contributed by atoms with Crippen molar-refractivity contribution in [2.75, 3.05) is 5.32 Å². The fraction of sp³-hybridized carbons (Fsp3) is 0.133. The Morgan fingerprint density at radius 1 is 1.05 bits per heavy atom. The van der Waals surface area contributed by atoms with Gasteiger partial charge in [0.2, 0.25) is 0 Å². The van der Waals surface area contributed by atoms with Crippen molar-refractivity contribution in [3.63, 3.8) is 0 Å². The average molecular weight is 418 g/mol. The first kappa shape index (κ1) is 15.5. The lowest BCUT2D eigenvalue weighted by atomic mass is 10.1. The molecule has 2 aromatic rings. The van der Waals surface area contributed by atoms with E-state index in [0.717, 1.165) is 25.8 Å². The van der Waals surface area contributed by atoms with E-state index in [-0.39, 0.29) is 5.91 Å². The molecule has 0 radical (unpaired) electrons. The predicted molar refractivity (Wildman–Crippen MR) is 90.7 cm³/mol. The molecular formula is C15H12Br2ClNO. The number of carbonyl (C=O) groups is 1.